The third-order valence-corrected chi connectivity index (χ3v) is 2.59. The number of nitrogens with zero attached hydrogens (tertiary/aromatic N) is 1. The van der Waals surface area contributed by atoms with Gasteiger partial charge < -0.3 is 11.1 Å². The third-order valence-electron chi connectivity index (χ3n) is 2.59. The molecule has 2 rings (SSSR count). The minimum atomic E-state index is -2.22. The van der Waals surface area contributed by atoms with E-state index in [1.54, 1.807) is 0 Å². The lowest BCUT2D eigenvalue weighted by Crippen LogP contribution is -2.08. The van der Waals surface area contributed by atoms with Gasteiger partial charge in [-0.1, -0.05) is 0 Å². The molecule has 0 unspecified atom stereocenters. The highest BCUT2D eigenvalue weighted by molar-refractivity contribution is 5.60. The second-order valence-electron chi connectivity index (χ2n) is 3.94. The average molecular weight is 289 g/mol. The second kappa shape index (κ2) is 4.95. The standard InChI is InChI=1S/C12H8F5N3/c1-4-5(18)2-3-6(19-4)20-12-10(16)8(14)7(13)9(15)11(12)17/h2-3H,18H2,1H3,(H,19,20). The first-order chi connectivity index (χ1) is 9.32. The number of hydrogen-bond acceptors (Lipinski definition) is 3. The molecule has 0 fully saturated rings. The van der Waals surface area contributed by atoms with Gasteiger partial charge in [0.25, 0.3) is 0 Å². The van der Waals surface area contributed by atoms with Gasteiger partial charge in [-0.2, -0.15) is 0 Å². The van der Waals surface area contributed by atoms with Gasteiger partial charge in [0, 0.05) is 0 Å². The van der Waals surface area contributed by atoms with Crippen LogP contribution >= 0.6 is 0 Å². The molecule has 1 heterocycles. The van der Waals surface area contributed by atoms with Gasteiger partial charge in [-0.15, -0.1) is 0 Å². The zero-order chi connectivity index (χ0) is 15.0. The van der Waals surface area contributed by atoms with Gasteiger partial charge in [-0.05, 0) is 19.1 Å². The van der Waals surface area contributed by atoms with Crippen LogP contribution in [0.3, 0.4) is 0 Å². The molecule has 0 aliphatic rings. The molecule has 0 bridgehead atoms. The van der Waals surface area contributed by atoms with E-state index in [-0.39, 0.29) is 5.82 Å². The molecule has 1 aromatic carbocycles. The Bertz CT molecular complexity index is 658. The summed E-state index contributed by atoms with van der Waals surface area (Å²) >= 11 is 0. The number of anilines is 3. The number of hydrogen-bond donors (Lipinski definition) is 2. The molecule has 0 spiro atoms. The molecule has 0 amide bonds. The quantitative estimate of drug-likeness (QED) is 0.506. The zero-order valence-electron chi connectivity index (χ0n) is 10.1. The van der Waals surface area contributed by atoms with E-state index in [1.165, 1.54) is 19.1 Å². The highest BCUT2D eigenvalue weighted by atomic mass is 19.2. The zero-order valence-corrected chi connectivity index (χ0v) is 10.1. The minimum absolute atomic E-state index is 0.0973. The van der Waals surface area contributed by atoms with Crippen molar-refractivity contribution in [1.82, 2.24) is 4.98 Å². The van der Waals surface area contributed by atoms with Crippen LogP contribution in [0.15, 0.2) is 12.1 Å². The Morgan fingerprint density at radius 1 is 0.900 bits per heavy atom. The van der Waals surface area contributed by atoms with Crippen molar-refractivity contribution in [2.45, 2.75) is 6.92 Å². The SMILES string of the molecule is Cc1nc(Nc2c(F)c(F)c(F)c(F)c2F)ccc1N. The Morgan fingerprint density at radius 3 is 1.90 bits per heavy atom. The Hall–Kier alpha value is -2.38. The normalized spacial score (nSPS) is 10.7. The van der Waals surface area contributed by atoms with Gasteiger partial charge in [0.15, 0.2) is 23.3 Å². The van der Waals surface area contributed by atoms with Crippen LogP contribution in [-0.2, 0) is 0 Å². The molecule has 8 heteroatoms. The van der Waals surface area contributed by atoms with Crippen LogP contribution < -0.4 is 11.1 Å². The molecule has 1 aromatic heterocycles. The molecule has 20 heavy (non-hydrogen) atoms. The van der Waals surface area contributed by atoms with Gasteiger partial charge in [0.1, 0.15) is 11.5 Å². The molecule has 3 N–H and O–H groups in total. The van der Waals surface area contributed by atoms with Crippen molar-refractivity contribution in [3.63, 3.8) is 0 Å². The number of rotatable bonds is 2. The smallest absolute Gasteiger partial charge is 0.200 e. The van der Waals surface area contributed by atoms with Crippen LogP contribution in [0.25, 0.3) is 0 Å². The van der Waals surface area contributed by atoms with Gasteiger partial charge in [0.2, 0.25) is 5.82 Å². The molecule has 0 aliphatic heterocycles. The van der Waals surface area contributed by atoms with Crippen LogP contribution in [-0.4, -0.2) is 4.98 Å². The number of nitrogens with two attached hydrogens (primary N) is 1. The van der Waals surface area contributed by atoms with Crippen molar-refractivity contribution in [3.05, 3.63) is 46.9 Å². The van der Waals surface area contributed by atoms with Gasteiger partial charge in [-0.3, -0.25) is 0 Å². The molecular formula is C12H8F5N3. The number of pyridine rings is 1. The van der Waals surface area contributed by atoms with Gasteiger partial charge >= 0.3 is 0 Å². The number of aryl methyl sites for hydroxylation is 1. The Morgan fingerprint density at radius 2 is 1.40 bits per heavy atom. The molecule has 0 saturated heterocycles. The van der Waals surface area contributed by atoms with Crippen molar-refractivity contribution in [1.29, 1.82) is 0 Å². The lowest BCUT2D eigenvalue weighted by Gasteiger charge is -2.11. The molecule has 0 aliphatic carbocycles. The van der Waals surface area contributed by atoms with Crippen LogP contribution in [0.1, 0.15) is 5.69 Å². The maximum atomic E-state index is 13.4. The lowest BCUT2D eigenvalue weighted by molar-refractivity contribution is 0.382. The molecule has 0 saturated carbocycles. The van der Waals surface area contributed by atoms with E-state index in [1.807, 2.05) is 0 Å². The Balaban J connectivity index is 2.51. The van der Waals surface area contributed by atoms with Gasteiger partial charge in [-0.25, -0.2) is 26.9 Å². The molecule has 0 atom stereocenters. The van der Waals surface area contributed by atoms with E-state index in [0.717, 1.165) is 0 Å². The van der Waals surface area contributed by atoms with E-state index >= 15 is 0 Å². The first-order valence-electron chi connectivity index (χ1n) is 5.34. The van der Waals surface area contributed by atoms with Crippen molar-refractivity contribution in [2.24, 2.45) is 0 Å². The van der Waals surface area contributed by atoms with E-state index in [0.29, 0.717) is 11.4 Å². The largest absolute Gasteiger partial charge is 0.397 e. The van der Waals surface area contributed by atoms with Crippen molar-refractivity contribution >= 4 is 17.2 Å². The molecule has 0 radical (unpaired) electrons. The first-order valence-corrected chi connectivity index (χ1v) is 5.34. The van der Waals surface area contributed by atoms with E-state index in [4.69, 9.17) is 5.73 Å². The lowest BCUT2D eigenvalue weighted by atomic mass is 10.2. The van der Waals surface area contributed by atoms with Crippen molar-refractivity contribution in [2.75, 3.05) is 11.1 Å². The maximum Gasteiger partial charge on any atom is 0.200 e. The highest BCUT2D eigenvalue weighted by Crippen LogP contribution is 2.29. The van der Waals surface area contributed by atoms with Crippen molar-refractivity contribution < 1.29 is 22.0 Å². The molecule has 2 aromatic rings. The fraction of sp³-hybridized carbons (Fsp3) is 0.0833. The Labute approximate surface area is 110 Å². The second-order valence-corrected chi connectivity index (χ2v) is 3.94. The summed E-state index contributed by atoms with van der Waals surface area (Å²) in [6.45, 7) is 1.53. The number of aromatic nitrogens is 1. The number of nitrogen functional groups attached to an aromatic ring is 1. The molecule has 106 valence electrons. The average Bonchev–Trinajstić information content (AvgIpc) is 2.43. The monoisotopic (exact) mass is 289 g/mol. The van der Waals surface area contributed by atoms with Crippen LogP contribution in [0.4, 0.5) is 39.1 Å². The predicted molar refractivity (Wildman–Crippen MR) is 62.9 cm³/mol. The molecule has 3 nitrogen and oxygen atoms in total. The summed E-state index contributed by atoms with van der Waals surface area (Å²) in [6.07, 6.45) is 0. The number of halogens is 5. The number of benzene rings is 1. The number of nitrogens with one attached hydrogen (secondary N) is 1. The topological polar surface area (TPSA) is 50.9 Å². The molecular weight excluding hydrogens is 281 g/mol. The van der Waals surface area contributed by atoms with E-state index in [9.17, 15) is 22.0 Å². The van der Waals surface area contributed by atoms with Gasteiger partial charge in [0.05, 0.1) is 11.4 Å². The van der Waals surface area contributed by atoms with Crippen LogP contribution in [0, 0.1) is 36.0 Å². The van der Waals surface area contributed by atoms with Crippen molar-refractivity contribution in [3.8, 4) is 0 Å². The maximum absolute atomic E-state index is 13.4. The minimum Gasteiger partial charge on any atom is -0.397 e. The summed E-state index contributed by atoms with van der Waals surface area (Å²) in [5.41, 5.74) is 5.01. The Kier molecular flexibility index (Phi) is 3.47. The van der Waals surface area contributed by atoms with Crippen LogP contribution in [0.5, 0.6) is 0 Å². The summed E-state index contributed by atoms with van der Waals surface area (Å²) in [7, 11) is 0. The highest BCUT2D eigenvalue weighted by Gasteiger charge is 2.26. The van der Waals surface area contributed by atoms with Crippen LogP contribution in [0.2, 0.25) is 0 Å². The summed E-state index contributed by atoms with van der Waals surface area (Å²) < 4.78 is 65.7. The van der Waals surface area contributed by atoms with E-state index in [2.05, 4.69) is 10.3 Å². The first kappa shape index (κ1) is 14.0. The third kappa shape index (κ3) is 2.24. The summed E-state index contributed by atoms with van der Waals surface area (Å²) in [4.78, 5) is 3.82. The fourth-order valence-electron chi connectivity index (χ4n) is 1.48. The fourth-order valence-corrected chi connectivity index (χ4v) is 1.48. The summed E-state index contributed by atoms with van der Waals surface area (Å²) in [5.74, 6) is -10.3. The van der Waals surface area contributed by atoms with E-state index < -0.39 is 34.8 Å². The summed E-state index contributed by atoms with van der Waals surface area (Å²) in [6, 6.07) is 2.64. The predicted octanol–water partition coefficient (Wildman–Crippen LogP) is 3.41. The summed E-state index contributed by atoms with van der Waals surface area (Å²) in [5, 5.41) is 2.05.